The number of aromatic nitrogens is 2. The Hall–Kier alpha value is -1.59. The molecule has 20 heavy (non-hydrogen) atoms. The van der Waals surface area contributed by atoms with Crippen molar-refractivity contribution in [3.05, 3.63) is 29.0 Å². The predicted octanol–water partition coefficient (Wildman–Crippen LogP) is 2.62. The van der Waals surface area contributed by atoms with Gasteiger partial charge in [0.15, 0.2) is 0 Å². The number of fused-ring (bicyclic) bond motifs is 1. The van der Waals surface area contributed by atoms with Gasteiger partial charge >= 0.3 is 5.97 Å². The van der Waals surface area contributed by atoms with Gasteiger partial charge in [0.1, 0.15) is 12.4 Å². The molecule has 0 fully saturated rings. The first-order chi connectivity index (χ1) is 9.55. The highest BCUT2D eigenvalue weighted by Gasteiger charge is 2.15. The zero-order valence-corrected chi connectivity index (χ0v) is 12.4. The minimum absolute atomic E-state index is 0.0886. The van der Waals surface area contributed by atoms with Crippen LogP contribution in [-0.2, 0) is 17.9 Å². The third-order valence-corrected chi connectivity index (χ3v) is 3.58. The Morgan fingerprint density at radius 1 is 1.40 bits per heavy atom. The molecular weight excluding hydrogens is 278 g/mol. The Labute approximate surface area is 122 Å². The van der Waals surface area contributed by atoms with Crippen LogP contribution in [-0.4, -0.2) is 38.6 Å². The fourth-order valence-electron chi connectivity index (χ4n) is 2.23. The zero-order valence-electron chi connectivity index (χ0n) is 11.6. The smallest absolute Gasteiger partial charge is 0.323 e. The van der Waals surface area contributed by atoms with Gasteiger partial charge in [-0.2, -0.15) is 0 Å². The van der Waals surface area contributed by atoms with Gasteiger partial charge in [-0.3, -0.25) is 9.69 Å². The van der Waals surface area contributed by atoms with Crippen molar-refractivity contribution in [1.82, 2.24) is 14.5 Å². The lowest BCUT2D eigenvalue weighted by Gasteiger charge is -2.18. The Balaban J connectivity index is 2.47. The van der Waals surface area contributed by atoms with E-state index >= 15 is 0 Å². The topological polar surface area (TPSA) is 58.4 Å². The molecular formula is C14H18ClN3O2. The predicted molar refractivity (Wildman–Crippen MR) is 79.0 cm³/mol. The molecule has 1 N–H and O–H groups in total. The molecule has 0 saturated carbocycles. The third kappa shape index (κ3) is 3.11. The number of hydrogen-bond acceptors (Lipinski definition) is 3. The van der Waals surface area contributed by atoms with E-state index in [-0.39, 0.29) is 6.54 Å². The normalized spacial score (nSPS) is 11.4. The van der Waals surface area contributed by atoms with E-state index < -0.39 is 5.97 Å². The van der Waals surface area contributed by atoms with E-state index in [1.165, 1.54) is 0 Å². The first-order valence-corrected chi connectivity index (χ1v) is 7.01. The lowest BCUT2D eigenvalue weighted by Crippen LogP contribution is -2.25. The van der Waals surface area contributed by atoms with Gasteiger partial charge < -0.3 is 9.67 Å². The molecule has 0 bridgehead atoms. The third-order valence-electron chi connectivity index (χ3n) is 3.34. The summed E-state index contributed by atoms with van der Waals surface area (Å²) in [4.78, 5) is 17.8. The number of carboxylic acid groups (broad SMARTS) is 1. The highest BCUT2D eigenvalue weighted by molar-refractivity contribution is 6.31. The molecule has 1 aromatic carbocycles. The maximum absolute atomic E-state index is 11.1. The second-order valence-corrected chi connectivity index (χ2v) is 5.04. The van der Waals surface area contributed by atoms with Crippen LogP contribution in [0.2, 0.25) is 5.02 Å². The molecule has 2 aromatic rings. The summed E-state index contributed by atoms with van der Waals surface area (Å²) in [5, 5.41) is 9.69. The van der Waals surface area contributed by atoms with E-state index in [2.05, 4.69) is 23.7 Å². The first kappa shape index (κ1) is 14.8. The molecule has 6 heteroatoms. The molecule has 108 valence electrons. The summed E-state index contributed by atoms with van der Waals surface area (Å²) >= 11 is 5.97. The highest BCUT2D eigenvalue weighted by atomic mass is 35.5. The number of carbonyl (C=O) groups is 1. The summed E-state index contributed by atoms with van der Waals surface area (Å²) in [7, 11) is 0. The number of imidazole rings is 1. The number of carboxylic acids is 1. The number of benzene rings is 1. The monoisotopic (exact) mass is 295 g/mol. The van der Waals surface area contributed by atoms with Gasteiger partial charge in [-0.15, -0.1) is 0 Å². The Morgan fingerprint density at radius 3 is 2.70 bits per heavy atom. The van der Waals surface area contributed by atoms with Crippen molar-refractivity contribution in [1.29, 1.82) is 0 Å². The van der Waals surface area contributed by atoms with Gasteiger partial charge in [-0.05, 0) is 31.3 Å². The van der Waals surface area contributed by atoms with Crippen LogP contribution in [0.3, 0.4) is 0 Å². The van der Waals surface area contributed by atoms with E-state index in [9.17, 15) is 4.79 Å². The van der Waals surface area contributed by atoms with E-state index in [1.807, 2.05) is 6.07 Å². The minimum Gasteiger partial charge on any atom is -0.480 e. The van der Waals surface area contributed by atoms with E-state index in [0.29, 0.717) is 11.6 Å². The average Bonchev–Trinajstić information content (AvgIpc) is 2.72. The number of halogens is 1. The summed E-state index contributed by atoms with van der Waals surface area (Å²) < 4.78 is 1.74. The van der Waals surface area contributed by atoms with Gasteiger partial charge in [0.2, 0.25) is 0 Å². The quantitative estimate of drug-likeness (QED) is 0.890. The summed E-state index contributed by atoms with van der Waals surface area (Å²) in [6.07, 6.45) is 0. The molecule has 0 aliphatic rings. The van der Waals surface area contributed by atoms with Crippen LogP contribution in [0.1, 0.15) is 19.7 Å². The van der Waals surface area contributed by atoms with Crippen LogP contribution in [0, 0.1) is 0 Å². The number of nitrogens with zero attached hydrogens (tertiary/aromatic N) is 3. The van der Waals surface area contributed by atoms with Crippen molar-refractivity contribution in [2.24, 2.45) is 0 Å². The van der Waals surface area contributed by atoms with E-state index in [1.54, 1.807) is 16.7 Å². The Morgan fingerprint density at radius 2 is 2.10 bits per heavy atom. The van der Waals surface area contributed by atoms with Crippen LogP contribution in [0.5, 0.6) is 0 Å². The summed E-state index contributed by atoms with van der Waals surface area (Å²) in [5.41, 5.74) is 1.54. The Kier molecular flexibility index (Phi) is 4.62. The van der Waals surface area contributed by atoms with Crippen molar-refractivity contribution >= 4 is 28.6 Å². The fourth-order valence-corrected chi connectivity index (χ4v) is 2.40. The molecule has 0 unspecified atom stereocenters. The molecule has 5 nitrogen and oxygen atoms in total. The largest absolute Gasteiger partial charge is 0.480 e. The van der Waals surface area contributed by atoms with Crippen LogP contribution < -0.4 is 0 Å². The minimum atomic E-state index is -0.875. The van der Waals surface area contributed by atoms with Gasteiger partial charge in [-0.1, -0.05) is 25.4 Å². The molecule has 1 heterocycles. The van der Waals surface area contributed by atoms with Gasteiger partial charge in [0, 0.05) is 5.02 Å². The number of rotatable bonds is 6. The summed E-state index contributed by atoms with van der Waals surface area (Å²) in [5.74, 6) is -0.117. The molecule has 0 aliphatic heterocycles. The average molecular weight is 296 g/mol. The van der Waals surface area contributed by atoms with Crippen LogP contribution in [0.4, 0.5) is 0 Å². The molecule has 2 rings (SSSR count). The lowest BCUT2D eigenvalue weighted by molar-refractivity contribution is -0.137. The summed E-state index contributed by atoms with van der Waals surface area (Å²) in [6.45, 7) is 6.48. The van der Waals surface area contributed by atoms with Crippen LogP contribution in [0.15, 0.2) is 18.2 Å². The van der Waals surface area contributed by atoms with Crippen molar-refractivity contribution in [2.45, 2.75) is 26.9 Å². The van der Waals surface area contributed by atoms with Crippen molar-refractivity contribution in [2.75, 3.05) is 13.1 Å². The van der Waals surface area contributed by atoms with Gasteiger partial charge in [-0.25, -0.2) is 4.98 Å². The Bertz CT molecular complexity index is 620. The maximum Gasteiger partial charge on any atom is 0.323 e. The first-order valence-electron chi connectivity index (χ1n) is 6.64. The SMILES string of the molecule is CCN(CC)Cc1nc2cc(Cl)ccc2n1CC(=O)O. The molecule has 1 aromatic heterocycles. The number of aliphatic carboxylic acids is 1. The molecule has 0 radical (unpaired) electrons. The van der Waals surface area contributed by atoms with Gasteiger partial charge in [0.25, 0.3) is 0 Å². The van der Waals surface area contributed by atoms with E-state index in [4.69, 9.17) is 16.7 Å². The molecule has 0 atom stereocenters. The lowest BCUT2D eigenvalue weighted by atomic mass is 10.3. The van der Waals surface area contributed by atoms with Crippen molar-refractivity contribution in [3.8, 4) is 0 Å². The molecule has 0 aliphatic carbocycles. The molecule has 0 saturated heterocycles. The fraction of sp³-hybridized carbons (Fsp3) is 0.429. The second-order valence-electron chi connectivity index (χ2n) is 4.60. The number of hydrogen-bond donors (Lipinski definition) is 1. The summed E-state index contributed by atoms with van der Waals surface area (Å²) in [6, 6.07) is 5.34. The van der Waals surface area contributed by atoms with Crippen molar-refractivity contribution < 1.29 is 9.90 Å². The van der Waals surface area contributed by atoms with Crippen molar-refractivity contribution in [3.63, 3.8) is 0 Å². The standard InChI is InChI=1S/C14H18ClN3O2/c1-3-17(4-2)8-13-16-11-7-10(15)5-6-12(11)18(13)9-14(19)20/h5-7H,3-4,8-9H2,1-2H3,(H,19,20). The second kappa shape index (κ2) is 6.24. The molecule has 0 spiro atoms. The maximum atomic E-state index is 11.1. The van der Waals surface area contributed by atoms with Crippen LogP contribution in [0.25, 0.3) is 11.0 Å². The zero-order chi connectivity index (χ0) is 14.7. The van der Waals surface area contributed by atoms with Crippen LogP contribution >= 0.6 is 11.6 Å². The highest BCUT2D eigenvalue weighted by Crippen LogP contribution is 2.21. The van der Waals surface area contributed by atoms with Gasteiger partial charge in [0.05, 0.1) is 17.6 Å². The molecule has 0 amide bonds. The van der Waals surface area contributed by atoms with E-state index in [0.717, 1.165) is 29.9 Å².